The number of nitrogens with zero attached hydrogens (tertiary/aromatic N) is 2. The van der Waals surface area contributed by atoms with E-state index < -0.39 is 0 Å². The highest BCUT2D eigenvalue weighted by Gasteiger charge is 2.17. The van der Waals surface area contributed by atoms with Crippen LogP contribution in [0.2, 0.25) is 0 Å². The highest BCUT2D eigenvalue weighted by molar-refractivity contribution is 6.09. The molecule has 0 atom stereocenters. The molecule has 3 rings (SSSR count). The van der Waals surface area contributed by atoms with Crippen LogP contribution in [0.4, 0.5) is 5.69 Å². The van der Waals surface area contributed by atoms with Gasteiger partial charge in [0.15, 0.2) is 0 Å². The van der Waals surface area contributed by atoms with Crippen LogP contribution < -0.4 is 5.32 Å². The van der Waals surface area contributed by atoms with Crippen LogP contribution in [0.1, 0.15) is 26.3 Å². The van der Waals surface area contributed by atoms with Crippen molar-refractivity contribution in [2.24, 2.45) is 4.99 Å². The van der Waals surface area contributed by atoms with Crippen molar-refractivity contribution >= 4 is 23.3 Å². The van der Waals surface area contributed by atoms with Crippen molar-refractivity contribution in [1.82, 2.24) is 10.2 Å². The molecule has 1 aliphatic heterocycles. The second-order valence-corrected chi connectivity index (χ2v) is 5.60. The maximum atomic E-state index is 12.3. The largest absolute Gasteiger partial charge is 0.345 e. The van der Waals surface area contributed by atoms with Gasteiger partial charge in [0, 0.05) is 31.6 Å². The van der Waals surface area contributed by atoms with E-state index in [0.717, 1.165) is 11.3 Å². The molecule has 2 amide bonds. The Labute approximate surface area is 134 Å². The van der Waals surface area contributed by atoms with E-state index in [1.807, 2.05) is 24.3 Å². The molecule has 0 aliphatic carbocycles. The third-order valence-corrected chi connectivity index (χ3v) is 3.66. The number of nitrogens with one attached hydrogen (secondary N) is 1. The summed E-state index contributed by atoms with van der Waals surface area (Å²) < 4.78 is 0. The molecule has 0 radical (unpaired) electrons. The molecule has 2 aromatic rings. The van der Waals surface area contributed by atoms with Crippen LogP contribution in [-0.4, -0.2) is 36.6 Å². The van der Waals surface area contributed by atoms with Crippen LogP contribution >= 0.6 is 0 Å². The topological polar surface area (TPSA) is 61.8 Å². The molecule has 0 saturated carbocycles. The molecule has 1 heterocycles. The minimum Gasteiger partial charge on any atom is -0.345 e. The average molecular weight is 307 g/mol. The van der Waals surface area contributed by atoms with E-state index >= 15 is 0 Å². The van der Waals surface area contributed by atoms with E-state index in [9.17, 15) is 9.59 Å². The molecule has 1 N–H and O–H groups in total. The van der Waals surface area contributed by atoms with Crippen LogP contribution in [0.5, 0.6) is 0 Å². The van der Waals surface area contributed by atoms with Gasteiger partial charge in [0.05, 0.1) is 5.69 Å². The van der Waals surface area contributed by atoms with Crippen LogP contribution in [0.15, 0.2) is 53.5 Å². The van der Waals surface area contributed by atoms with Crippen molar-refractivity contribution in [2.75, 3.05) is 14.1 Å². The van der Waals surface area contributed by atoms with Gasteiger partial charge in [-0.3, -0.25) is 9.59 Å². The van der Waals surface area contributed by atoms with Crippen LogP contribution in [0, 0.1) is 0 Å². The van der Waals surface area contributed by atoms with E-state index in [-0.39, 0.29) is 11.8 Å². The van der Waals surface area contributed by atoms with E-state index in [0.29, 0.717) is 23.4 Å². The minimum atomic E-state index is -0.222. The fourth-order valence-electron chi connectivity index (χ4n) is 2.43. The molecule has 2 aromatic carbocycles. The molecule has 0 fully saturated rings. The first-order valence-electron chi connectivity index (χ1n) is 7.33. The molecule has 116 valence electrons. The smallest absolute Gasteiger partial charge is 0.256 e. The van der Waals surface area contributed by atoms with Gasteiger partial charge in [-0.1, -0.05) is 18.2 Å². The molecular formula is C18H17N3O2. The summed E-state index contributed by atoms with van der Waals surface area (Å²) in [5.41, 5.74) is 3.06. The molecule has 23 heavy (non-hydrogen) atoms. The van der Waals surface area contributed by atoms with Gasteiger partial charge in [-0.15, -0.1) is 0 Å². The first-order chi connectivity index (χ1) is 11.0. The Balaban J connectivity index is 1.69. The van der Waals surface area contributed by atoms with E-state index in [4.69, 9.17) is 0 Å². The van der Waals surface area contributed by atoms with Crippen molar-refractivity contribution in [2.45, 2.75) is 6.42 Å². The Hall–Kier alpha value is -2.95. The zero-order valence-corrected chi connectivity index (χ0v) is 13.0. The van der Waals surface area contributed by atoms with Gasteiger partial charge in [-0.05, 0) is 35.9 Å². The Kier molecular flexibility index (Phi) is 3.93. The standard InChI is InChI=1S/C18H17N3O2/c1-21(2)18(23)13-9-7-12(8-10-13)17(22)20-16-11-14-5-3-4-6-15(14)19-16/h3-10H,11H2,1-2H3,(H,19,20,22). The van der Waals surface area contributed by atoms with Crippen molar-refractivity contribution in [1.29, 1.82) is 0 Å². The summed E-state index contributed by atoms with van der Waals surface area (Å²) in [7, 11) is 3.39. The average Bonchev–Trinajstić information content (AvgIpc) is 2.96. The van der Waals surface area contributed by atoms with Gasteiger partial charge in [-0.25, -0.2) is 4.99 Å². The fourth-order valence-corrected chi connectivity index (χ4v) is 2.43. The predicted octanol–water partition coefficient (Wildman–Crippen LogP) is 2.40. The molecule has 0 aromatic heterocycles. The SMILES string of the molecule is CN(C)C(=O)c1ccc(C(=O)NC2=Nc3ccccc3C2)cc1. The van der Waals surface area contributed by atoms with Gasteiger partial charge < -0.3 is 10.2 Å². The number of aliphatic imine (C=N–C) groups is 1. The number of carbonyl (C=O) groups excluding carboxylic acids is 2. The van der Waals surface area contributed by atoms with Gasteiger partial charge in [0.25, 0.3) is 11.8 Å². The highest BCUT2D eigenvalue weighted by atomic mass is 16.2. The summed E-state index contributed by atoms with van der Waals surface area (Å²) >= 11 is 0. The number of amidine groups is 1. The van der Waals surface area contributed by atoms with Gasteiger partial charge in [0.1, 0.15) is 5.84 Å². The lowest BCUT2D eigenvalue weighted by Crippen LogP contribution is -2.30. The first kappa shape index (κ1) is 15.0. The highest BCUT2D eigenvalue weighted by Crippen LogP contribution is 2.25. The van der Waals surface area contributed by atoms with Crippen molar-refractivity contribution in [3.05, 3.63) is 65.2 Å². The molecule has 5 heteroatoms. The number of carbonyl (C=O) groups is 2. The van der Waals surface area contributed by atoms with Crippen molar-refractivity contribution < 1.29 is 9.59 Å². The Morgan fingerprint density at radius 2 is 1.65 bits per heavy atom. The molecule has 5 nitrogen and oxygen atoms in total. The Morgan fingerprint density at radius 3 is 2.30 bits per heavy atom. The summed E-state index contributed by atoms with van der Waals surface area (Å²) in [6.45, 7) is 0. The lowest BCUT2D eigenvalue weighted by Gasteiger charge is -2.10. The molecule has 0 bridgehead atoms. The van der Waals surface area contributed by atoms with Crippen LogP contribution in [0.3, 0.4) is 0 Å². The lowest BCUT2D eigenvalue weighted by molar-refractivity contribution is 0.0826. The van der Waals surface area contributed by atoms with E-state index in [2.05, 4.69) is 10.3 Å². The summed E-state index contributed by atoms with van der Waals surface area (Å²) in [6, 6.07) is 14.4. The van der Waals surface area contributed by atoms with Crippen molar-refractivity contribution in [3.63, 3.8) is 0 Å². The maximum absolute atomic E-state index is 12.3. The zero-order chi connectivity index (χ0) is 16.4. The molecule has 0 saturated heterocycles. The molecule has 0 spiro atoms. The quantitative estimate of drug-likeness (QED) is 0.926. The Bertz CT molecular complexity index is 792. The summed E-state index contributed by atoms with van der Waals surface area (Å²) in [5.74, 6) is 0.331. The zero-order valence-electron chi connectivity index (χ0n) is 13.0. The van der Waals surface area contributed by atoms with Gasteiger partial charge in [0.2, 0.25) is 0 Å². The van der Waals surface area contributed by atoms with E-state index in [1.54, 1.807) is 38.4 Å². The number of amides is 2. The second kappa shape index (κ2) is 6.04. The molecule has 1 aliphatic rings. The normalized spacial score (nSPS) is 12.3. The van der Waals surface area contributed by atoms with Crippen molar-refractivity contribution in [3.8, 4) is 0 Å². The summed E-state index contributed by atoms with van der Waals surface area (Å²) in [6.07, 6.45) is 0.624. The fraction of sp³-hybridized carbons (Fsp3) is 0.167. The summed E-state index contributed by atoms with van der Waals surface area (Å²) in [4.78, 5) is 30.0. The first-order valence-corrected chi connectivity index (χ1v) is 7.33. The van der Waals surface area contributed by atoms with Crippen LogP contribution in [-0.2, 0) is 6.42 Å². The molecule has 0 unspecified atom stereocenters. The number of para-hydroxylation sites is 1. The number of benzene rings is 2. The molecular weight excluding hydrogens is 290 g/mol. The number of hydrogen-bond acceptors (Lipinski definition) is 3. The number of rotatable bonds is 2. The van der Waals surface area contributed by atoms with Gasteiger partial charge >= 0.3 is 0 Å². The number of hydrogen-bond donors (Lipinski definition) is 1. The van der Waals surface area contributed by atoms with Crippen LogP contribution in [0.25, 0.3) is 0 Å². The lowest BCUT2D eigenvalue weighted by atomic mass is 10.1. The van der Waals surface area contributed by atoms with E-state index in [1.165, 1.54) is 4.90 Å². The number of fused-ring (bicyclic) bond motifs is 1. The summed E-state index contributed by atoms with van der Waals surface area (Å²) in [5, 5.41) is 2.83. The Morgan fingerprint density at radius 1 is 1.00 bits per heavy atom. The third-order valence-electron chi connectivity index (χ3n) is 3.66. The maximum Gasteiger partial charge on any atom is 0.256 e. The third kappa shape index (κ3) is 3.13. The monoisotopic (exact) mass is 307 g/mol. The van der Waals surface area contributed by atoms with Gasteiger partial charge in [-0.2, -0.15) is 0 Å². The second-order valence-electron chi connectivity index (χ2n) is 5.60. The predicted molar refractivity (Wildman–Crippen MR) is 89.2 cm³/mol. The minimum absolute atomic E-state index is 0.0902.